The minimum atomic E-state index is -1.26. The van der Waals surface area contributed by atoms with Crippen LogP contribution in [-0.4, -0.2) is 87.0 Å². The number of nitrogens with one attached hydrogen (secondary N) is 4. The largest absolute Gasteiger partial charge is 0.508 e. The van der Waals surface area contributed by atoms with Gasteiger partial charge in [-0.15, -0.1) is 0 Å². The molecule has 256 valence electrons. The fourth-order valence-electron chi connectivity index (χ4n) is 6.14. The Hall–Kier alpha value is -5.69. The van der Waals surface area contributed by atoms with Crippen LogP contribution in [0.25, 0.3) is 10.9 Å². The molecule has 0 spiro atoms. The van der Waals surface area contributed by atoms with Crippen molar-refractivity contribution in [1.82, 2.24) is 25.8 Å². The van der Waals surface area contributed by atoms with Gasteiger partial charge in [0.25, 0.3) is 0 Å². The molecule has 4 atom stereocenters. The second-order valence-electron chi connectivity index (χ2n) is 12.1. The molecule has 3 aromatic carbocycles. The first-order valence-corrected chi connectivity index (χ1v) is 16.1. The molecule has 2 heterocycles. The van der Waals surface area contributed by atoms with Gasteiger partial charge in [0.05, 0.1) is 6.54 Å². The Morgan fingerprint density at radius 2 is 1.49 bits per heavy atom. The summed E-state index contributed by atoms with van der Waals surface area (Å²) in [6.07, 6.45) is 2.77. The maximum atomic E-state index is 13.9. The third kappa shape index (κ3) is 8.82. The van der Waals surface area contributed by atoms with E-state index in [1.54, 1.807) is 42.6 Å². The minimum Gasteiger partial charge on any atom is -0.508 e. The van der Waals surface area contributed by atoms with Gasteiger partial charge in [0.15, 0.2) is 0 Å². The molecule has 4 amide bonds. The molecule has 1 aliphatic heterocycles. The van der Waals surface area contributed by atoms with E-state index < -0.39 is 53.8 Å². The van der Waals surface area contributed by atoms with Crippen molar-refractivity contribution in [2.24, 2.45) is 5.73 Å². The molecule has 13 nitrogen and oxygen atoms in total. The van der Waals surface area contributed by atoms with Crippen LogP contribution in [0.4, 0.5) is 0 Å². The Morgan fingerprint density at radius 1 is 0.816 bits per heavy atom. The molecule has 0 radical (unpaired) electrons. The van der Waals surface area contributed by atoms with E-state index in [2.05, 4.69) is 20.9 Å². The monoisotopic (exact) mass is 668 g/mol. The summed E-state index contributed by atoms with van der Waals surface area (Å²) in [5.41, 5.74) is 8.49. The second kappa shape index (κ2) is 15.9. The van der Waals surface area contributed by atoms with E-state index in [9.17, 15) is 34.2 Å². The van der Waals surface area contributed by atoms with Gasteiger partial charge in [0.2, 0.25) is 23.6 Å². The minimum absolute atomic E-state index is 0.0392. The normalized spacial score (nSPS) is 16.0. The van der Waals surface area contributed by atoms with Crippen molar-refractivity contribution < 1.29 is 34.2 Å². The van der Waals surface area contributed by atoms with Crippen molar-refractivity contribution in [2.45, 2.75) is 56.3 Å². The summed E-state index contributed by atoms with van der Waals surface area (Å²) >= 11 is 0. The van der Waals surface area contributed by atoms with Gasteiger partial charge in [-0.2, -0.15) is 0 Å². The predicted octanol–water partition coefficient (Wildman–Crippen LogP) is 1.39. The van der Waals surface area contributed by atoms with Crippen LogP contribution in [0.5, 0.6) is 5.75 Å². The smallest absolute Gasteiger partial charge is 0.326 e. The van der Waals surface area contributed by atoms with Crippen LogP contribution in [-0.2, 0) is 43.2 Å². The van der Waals surface area contributed by atoms with E-state index >= 15 is 0 Å². The predicted molar refractivity (Wildman–Crippen MR) is 181 cm³/mol. The fourth-order valence-corrected chi connectivity index (χ4v) is 6.14. The first kappa shape index (κ1) is 34.6. The maximum absolute atomic E-state index is 13.9. The number of aromatic nitrogens is 1. The molecule has 8 N–H and O–H groups in total. The lowest BCUT2D eigenvalue weighted by Gasteiger charge is -2.30. The topological polar surface area (TPSA) is 207 Å². The molecule has 49 heavy (non-hydrogen) atoms. The van der Waals surface area contributed by atoms with E-state index in [1.807, 2.05) is 30.3 Å². The average molecular weight is 669 g/mol. The highest BCUT2D eigenvalue weighted by Gasteiger charge is 2.39. The van der Waals surface area contributed by atoms with Gasteiger partial charge in [-0.3, -0.25) is 19.2 Å². The number of benzene rings is 3. The molecular formula is C36H40N6O7. The number of phenolic OH excluding ortho intramolecular Hbond substituents is 1. The second-order valence-corrected chi connectivity index (χ2v) is 12.1. The average Bonchev–Trinajstić information content (AvgIpc) is 3.76. The lowest BCUT2D eigenvalue weighted by atomic mass is 10.0. The summed E-state index contributed by atoms with van der Waals surface area (Å²) in [4.78, 5) is 70.7. The lowest BCUT2D eigenvalue weighted by molar-refractivity contribution is -0.143. The number of carbonyl (C=O) groups is 5. The summed E-state index contributed by atoms with van der Waals surface area (Å²) in [6.45, 7) is -0.0888. The molecule has 1 aliphatic rings. The Balaban J connectivity index is 1.37. The van der Waals surface area contributed by atoms with Gasteiger partial charge in [-0.1, -0.05) is 60.7 Å². The Labute approximate surface area is 282 Å². The zero-order valence-corrected chi connectivity index (χ0v) is 26.8. The molecule has 0 bridgehead atoms. The number of aliphatic carboxylic acids is 1. The number of aromatic hydroxyl groups is 1. The van der Waals surface area contributed by atoms with Gasteiger partial charge < -0.3 is 41.8 Å². The number of hydrogen-bond acceptors (Lipinski definition) is 7. The van der Waals surface area contributed by atoms with Crippen LogP contribution in [0.15, 0.2) is 85.1 Å². The Kier molecular flexibility index (Phi) is 11.3. The number of aromatic amines is 1. The van der Waals surface area contributed by atoms with E-state index in [1.165, 1.54) is 17.0 Å². The van der Waals surface area contributed by atoms with E-state index in [-0.39, 0.29) is 38.1 Å². The SMILES string of the molecule is NCC(=O)N[C@@H](Cc1ccc(O)cc1)C(=O)N1CCC[C@@H]1C(=O)N[C@@H](Cc1c[nH]c2ccccc12)C(=O)N[C@H](Cc1ccccc1)C(=O)O. The number of H-pyrrole nitrogens is 1. The number of fused-ring (bicyclic) bond motifs is 1. The number of hydrogen-bond donors (Lipinski definition) is 7. The highest BCUT2D eigenvalue weighted by atomic mass is 16.4. The molecule has 1 fully saturated rings. The number of amides is 4. The molecule has 1 aromatic heterocycles. The first-order chi connectivity index (χ1) is 23.6. The fraction of sp³-hybridized carbons (Fsp3) is 0.306. The molecule has 1 saturated heterocycles. The summed E-state index contributed by atoms with van der Waals surface area (Å²) < 4.78 is 0. The summed E-state index contributed by atoms with van der Waals surface area (Å²) in [5, 5.41) is 28.6. The number of likely N-dealkylation sites (tertiary alicyclic amines) is 1. The van der Waals surface area contributed by atoms with Gasteiger partial charge in [0, 0.05) is 42.9 Å². The van der Waals surface area contributed by atoms with Crippen LogP contribution < -0.4 is 21.7 Å². The maximum Gasteiger partial charge on any atom is 0.326 e. The van der Waals surface area contributed by atoms with E-state index in [0.29, 0.717) is 18.4 Å². The van der Waals surface area contributed by atoms with Crippen molar-refractivity contribution >= 4 is 40.5 Å². The third-order valence-corrected chi connectivity index (χ3v) is 8.66. The molecular weight excluding hydrogens is 628 g/mol. The van der Waals surface area contributed by atoms with Crippen molar-refractivity contribution in [3.63, 3.8) is 0 Å². The summed E-state index contributed by atoms with van der Waals surface area (Å²) in [5.74, 6) is -3.46. The van der Waals surface area contributed by atoms with E-state index in [4.69, 9.17) is 5.73 Å². The Bertz CT molecular complexity index is 1790. The molecule has 0 unspecified atom stereocenters. The number of para-hydroxylation sites is 1. The van der Waals surface area contributed by atoms with Crippen molar-refractivity contribution in [1.29, 1.82) is 0 Å². The number of carboxylic acids is 1. The molecule has 13 heteroatoms. The first-order valence-electron chi connectivity index (χ1n) is 16.1. The number of phenols is 1. The zero-order valence-electron chi connectivity index (χ0n) is 26.8. The van der Waals surface area contributed by atoms with Gasteiger partial charge >= 0.3 is 5.97 Å². The van der Waals surface area contributed by atoms with Gasteiger partial charge in [0.1, 0.15) is 29.9 Å². The molecule has 0 aliphatic carbocycles. The third-order valence-electron chi connectivity index (χ3n) is 8.66. The number of carboxylic acid groups (broad SMARTS) is 1. The van der Waals surface area contributed by atoms with Gasteiger partial charge in [-0.25, -0.2) is 4.79 Å². The highest BCUT2D eigenvalue weighted by Crippen LogP contribution is 2.23. The quantitative estimate of drug-likeness (QED) is 0.104. The number of carbonyl (C=O) groups excluding carboxylic acids is 4. The van der Waals surface area contributed by atoms with Crippen molar-refractivity contribution in [2.75, 3.05) is 13.1 Å². The highest BCUT2D eigenvalue weighted by molar-refractivity contribution is 5.96. The summed E-state index contributed by atoms with van der Waals surface area (Å²) in [6, 6.07) is 18.2. The lowest BCUT2D eigenvalue weighted by Crippen LogP contribution is -2.58. The number of nitrogens with zero attached hydrogens (tertiary/aromatic N) is 1. The molecule has 5 rings (SSSR count). The number of nitrogens with two attached hydrogens (primary N) is 1. The van der Waals surface area contributed by atoms with E-state index in [0.717, 1.165) is 22.0 Å². The molecule has 0 saturated carbocycles. The van der Waals surface area contributed by atoms with Crippen molar-refractivity contribution in [3.05, 3.63) is 102 Å². The Morgan fingerprint density at radius 3 is 2.20 bits per heavy atom. The van der Waals surface area contributed by atoms with Crippen LogP contribution >= 0.6 is 0 Å². The van der Waals surface area contributed by atoms with Crippen LogP contribution in [0.3, 0.4) is 0 Å². The standard InChI is InChI=1S/C36H40N6O7/c37-20-32(44)39-29(17-23-12-14-25(43)15-13-23)35(47)42-16-6-11-31(42)34(46)40-28(19-24-21-38-27-10-5-4-9-26(24)27)33(45)41-30(36(48)49)18-22-7-2-1-3-8-22/h1-5,7-10,12-15,21,28-31,38,43H,6,11,16-20,37H2,(H,39,44)(H,40,46)(H,41,45)(H,48,49)/t28-,29-,30+,31+/m0/s1. The van der Waals surface area contributed by atoms with Crippen LogP contribution in [0.1, 0.15) is 29.5 Å². The zero-order chi connectivity index (χ0) is 34.9. The van der Waals surface area contributed by atoms with Crippen molar-refractivity contribution in [3.8, 4) is 5.75 Å². The van der Waals surface area contributed by atoms with Crippen LogP contribution in [0.2, 0.25) is 0 Å². The van der Waals surface area contributed by atoms with Gasteiger partial charge in [-0.05, 0) is 47.7 Å². The number of rotatable bonds is 14. The molecule has 4 aromatic rings. The summed E-state index contributed by atoms with van der Waals surface area (Å²) in [7, 11) is 0. The van der Waals surface area contributed by atoms with Crippen LogP contribution in [0, 0.1) is 0 Å².